The molecule has 0 aliphatic rings. The maximum atomic E-state index is 11.0. The Balaban J connectivity index is 3.32. The summed E-state index contributed by atoms with van der Waals surface area (Å²) < 4.78 is 0. The van der Waals surface area contributed by atoms with Gasteiger partial charge < -0.3 is 21.5 Å². The lowest BCUT2D eigenvalue weighted by atomic mass is 10.3. The number of carbonyl (C=O) groups is 2. The average molecular weight is 203 g/mol. The van der Waals surface area contributed by atoms with Gasteiger partial charge in [-0.3, -0.25) is 9.59 Å². The zero-order valence-corrected chi connectivity index (χ0v) is 8.08. The van der Waals surface area contributed by atoms with Crippen molar-refractivity contribution in [2.75, 3.05) is 26.2 Å². The number of hydrogen-bond acceptors (Lipinski definition) is 4. The van der Waals surface area contributed by atoms with Crippen molar-refractivity contribution in [3.8, 4) is 0 Å². The highest BCUT2D eigenvalue weighted by Crippen LogP contribution is 1.82. The molecule has 0 aromatic heterocycles. The van der Waals surface area contributed by atoms with E-state index in [1.54, 1.807) is 0 Å². The summed E-state index contributed by atoms with van der Waals surface area (Å²) in [6.45, 7) is 0.477. The Bertz CT molecular complexity index is 185. The van der Waals surface area contributed by atoms with E-state index in [4.69, 9.17) is 10.8 Å². The van der Waals surface area contributed by atoms with Gasteiger partial charge in [0.1, 0.15) is 0 Å². The molecule has 0 rings (SSSR count). The zero-order valence-electron chi connectivity index (χ0n) is 8.08. The number of rotatable bonds is 7. The molecule has 6 nitrogen and oxygen atoms in total. The lowest BCUT2D eigenvalue weighted by molar-refractivity contribution is -0.125. The average Bonchev–Trinajstić information content (AvgIpc) is 2.21. The Morgan fingerprint density at radius 1 is 1.14 bits per heavy atom. The van der Waals surface area contributed by atoms with Gasteiger partial charge in [-0.2, -0.15) is 0 Å². The molecule has 0 heterocycles. The van der Waals surface area contributed by atoms with Crippen molar-refractivity contribution in [2.24, 2.45) is 5.73 Å². The maximum absolute atomic E-state index is 11.0. The second-order valence-electron chi connectivity index (χ2n) is 2.76. The molecule has 0 aromatic rings. The van der Waals surface area contributed by atoms with Crippen molar-refractivity contribution < 1.29 is 14.7 Å². The molecule has 14 heavy (non-hydrogen) atoms. The number of hydrogen-bond donors (Lipinski definition) is 4. The van der Waals surface area contributed by atoms with E-state index in [1.807, 2.05) is 0 Å². The molecule has 82 valence electrons. The van der Waals surface area contributed by atoms with Gasteiger partial charge in [0.25, 0.3) is 0 Å². The first-order valence-electron chi connectivity index (χ1n) is 4.55. The fraction of sp³-hybridized carbons (Fsp3) is 0.750. The fourth-order valence-electron chi connectivity index (χ4n) is 0.778. The Morgan fingerprint density at radius 3 is 2.43 bits per heavy atom. The van der Waals surface area contributed by atoms with Crippen LogP contribution in [0.15, 0.2) is 0 Å². The largest absolute Gasteiger partial charge is 0.396 e. The van der Waals surface area contributed by atoms with E-state index in [2.05, 4.69) is 10.6 Å². The van der Waals surface area contributed by atoms with Crippen LogP contribution in [0.3, 0.4) is 0 Å². The third kappa shape index (κ3) is 7.51. The molecule has 0 saturated carbocycles. The Morgan fingerprint density at radius 2 is 1.86 bits per heavy atom. The Hall–Kier alpha value is -1.14. The summed E-state index contributed by atoms with van der Waals surface area (Å²) >= 11 is 0. The molecule has 0 radical (unpaired) electrons. The number of amides is 2. The normalized spacial score (nSPS) is 9.57. The van der Waals surface area contributed by atoms with Crippen LogP contribution in [-0.2, 0) is 9.59 Å². The van der Waals surface area contributed by atoms with Crippen molar-refractivity contribution in [2.45, 2.75) is 12.8 Å². The molecule has 0 bridgehead atoms. The van der Waals surface area contributed by atoms with Gasteiger partial charge in [0.05, 0.1) is 13.1 Å². The van der Waals surface area contributed by atoms with Crippen LogP contribution in [0.2, 0.25) is 0 Å². The summed E-state index contributed by atoms with van der Waals surface area (Å²) in [7, 11) is 0. The number of aliphatic hydroxyl groups is 1. The minimum atomic E-state index is -0.351. The highest BCUT2D eigenvalue weighted by molar-refractivity contribution is 5.85. The van der Waals surface area contributed by atoms with E-state index in [-0.39, 0.29) is 31.5 Å². The molecule has 0 atom stereocenters. The summed E-state index contributed by atoms with van der Waals surface area (Å²) in [4.78, 5) is 21.6. The van der Waals surface area contributed by atoms with E-state index in [0.29, 0.717) is 13.0 Å². The van der Waals surface area contributed by atoms with Crippen molar-refractivity contribution in [3.05, 3.63) is 0 Å². The van der Waals surface area contributed by atoms with Crippen LogP contribution in [-0.4, -0.2) is 43.2 Å². The van der Waals surface area contributed by atoms with Crippen LogP contribution in [0.25, 0.3) is 0 Å². The van der Waals surface area contributed by atoms with Crippen LogP contribution in [0.5, 0.6) is 0 Å². The molecule has 0 spiro atoms. The van der Waals surface area contributed by atoms with Gasteiger partial charge in [-0.1, -0.05) is 0 Å². The number of unbranched alkanes of at least 4 members (excludes halogenated alkanes) is 1. The molecular formula is C8H17N3O3. The lowest BCUT2D eigenvalue weighted by Gasteiger charge is -2.05. The molecule has 2 amide bonds. The van der Waals surface area contributed by atoms with Gasteiger partial charge in [0.15, 0.2) is 0 Å². The molecular weight excluding hydrogens is 186 g/mol. The molecule has 0 aliphatic carbocycles. The first-order valence-corrected chi connectivity index (χ1v) is 4.55. The highest BCUT2D eigenvalue weighted by atomic mass is 16.3. The van der Waals surface area contributed by atoms with E-state index in [0.717, 1.165) is 6.42 Å². The van der Waals surface area contributed by atoms with Crippen molar-refractivity contribution in [3.63, 3.8) is 0 Å². The second-order valence-corrected chi connectivity index (χ2v) is 2.76. The van der Waals surface area contributed by atoms with E-state index in [9.17, 15) is 9.59 Å². The van der Waals surface area contributed by atoms with Gasteiger partial charge in [-0.25, -0.2) is 0 Å². The first kappa shape index (κ1) is 12.9. The standard InChI is InChI=1S/C8H17N3O3/c9-5-7(13)11-6-8(14)10-3-1-2-4-12/h12H,1-6,9H2,(H,10,14)(H,11,13). The van der Waals surface area contributed by atoms with E-state index >= 15 is 0 Å². The predicted molar refractivity (Wildman–Crippen MR) is 51.4 cm³/mol. The number of nitrogens with two attached hydrogens (primary N) is 1. The van der Waals surface area contributed by atoms with Crippen LogP contribution in [0.1, 0.15) is 12.8 Å². The van der Waals surface area contributed by atoms with Crippen molar-refractivity contribution in [1.82, 2.24) is 10.6 Å². The molecule has 0 fully saturated rings. The highest BCUT2D eigenvalue weighted by Gasteiger charge is 2.02. The Labute approximate surface area is 82.9 Å². The fourth-order valence-corrected chi connectivity index (χ4v) is 0.778. The molecule has 0 aliphatic heterocycles. The van der Waals surface area contributed by atoms with Crippen molar-refractivity contribution >= 4 is 11.8 Å². The second kappa shape index (κ2) is 8.46. The molecule has 6 heteroatoms. The predicted octanol–water partition coefficient (Wildman–Crippen LogP) is -2.05. The number of aliphatic hydroxyl groups excluding tert-OH is 1. The van der Waals surface area contributed by atoms with E-state index < -0.39 is 0 Å². The summed E-state index contributed by atoms with van der Waals surface area (Å²) in [6, 6.07) is 0. The van der Waals surface area contributed by atoms with Crippen molar-refractivity contribution in [1.29, 1.82) is 0 Å². The minimum absolute atomic E-state index is 0.0465. The van der Waals surface area contributed by atoms with Crippen LogP contribution >= 0.6 is 0 Å². The summed E-state index contributed by atoms with van der Waals surface area (Å²) in [6.07, 6.45) is 1.39. The quantitative estimate of drug-likeness (QED) is 0.357. The maximum Gasteiger partial charge on any atom is 0.239 e. The monoisotopic (exact) mass is 203 g/mol. The van der Waals surface area contributed by atoms with Crippen LogP contribution in [0, 0.1) is 0 Å². The van der Waals surface area contributed by atoms with Gasteiger partial charge in [0.2, 0.25) is 11.8 Å². The van der Waals surface area contributed by atoms with Crippen LogP contribution < -0.4 is 16.4 Å². The van der Waals surface area contributed by atoms with Crippen LogP contribution in [0.4, 0.5) is 0 Å². The van der Waals surface area contributed by atoms with Gasteiger partial charge in [0, 0.05) is 13.2 Å². The minimum Gasteiger partial charge on any atom is -0.396 e. The number of nitrogens with one attached hydrogen (secondary N) is 2. The summed E-state index contributed by atoms with van der Waals surface area (Å²) in [5.41, 5.74) is 5.03. The van der Waals surface area contributed by atoms with Gasteiger partial charge >= 0.3 is 0 Å². The Kier molecular flexibility index (Phi) is 7.77. The third-order valence-electron chi connectivity index (χ3n) is 1.54. The third-order valence-corrected chi connectivity index (χ3v) is 1.54. The molecule has 0 unspecified atom stereocenters. The molecule has 0 saturated heterocycles. The first-order chi connectivity index (χ1) is 6.70. The summed E-state index contributed by atoms with van der Waals surface area (Å²) in [5.74, 6) is -0.597. The zero-order chi connectivity index (χ0) is 10.8. The smallest absolute Gasteiger partial charge is 0.239 e. The van der Waals surface area contributed by atoms with Gasteiger partial charge in [-0.15, -0.1) is 0 Å². The lowest BCUT2D eigenvalue weighted by Crippen LogP contribution is -2.39. The molecule has 0 aromatic carbocycles. The van der Waals surface area contributed by atoms with Gasteiger partial charge in [-0.05, 0) is 12.8 Å². The summed E-state index contributed by atoms with van der Waals surface area (Å²) in [5, 5.41) is 13.4. The molecule has 5 N–H and O–H groups in total. The number of carbonyl (C=O) groups excluding carboxylic acids is 2. The SMILES string of the molecule is NCC(=O)NCC(=O)NCCCCO. The van der Waals surface area contributed by atoms with E-state index in [1.165, 1.54) is 0 Å². The topological polar surface area (TPSA) is 104 Å².